The van der Waals surface area contributed by atoms with E-state index in [2.05, 4.69) is 0 Å². The van der Waals surface area contributed by atoms with Crippen molar-refractivity contribution in [3.8, 4) is 5.75 Å². The second kappa shape index (κ2) is 4.92. The summed E-state index contributed by atoms with van der Waals surface area (Å²) in [4.78, 5) is 12.5. The highest BCUT2D eigenvalue weighted by molar-refractivity contribution is 14.1. The largest absolute Gasteiger partial charge is 0.492 e. The van der Waals surface area contributed by atoms with E-state index in [0.29, 0.717) is 27.1 Å². The summed E-state index contributed by atoms with van der Waals surface area (Å²) in [6.45, 7) is 0.611. The van der Waals surface area contributed by atoms with Gasteiger partial charge in [0.1, 0.15) is 11.6 Å². The normalized spacial score (nSPS) is 12.9. The lowest BCUT2D eigenvalue weighted by atomic mass is 10.00. The van der Waals surface area contributed by atoms with Crippen molar-refractivity contribution in [3.63, 3.8) is 0 Å². The molecule has 0 unspecified atom stereocenters. The van der Waals surface area contributed by atoms with Gasteiger partial charge in [0.15, 0.2) is 5.78 Å². The number of hydrogen-bond acceptors (Lipinski definition) is 2. The SMILES string of the molecule is O=C(c1ccc(F)cc1I)c1cccc2c1OCC2. The van der Waals surface area contributed by atoms with Crippen LogP contribution in [0.1, 0.15) is 21.5 Å². The van der Waals surface area contributed by atoms with Crippen LogP contribution in [0.2, 0.25) is 0 Å². The lowest BCUT2D eigenvalue weighted by Gasteiger charge is -2.08. The number of ether oxygens (including phenoxy) is 1. The Morgan fingerprint density at radius 3 is 2.84 bits per heavy atom. The van der Waals surface area contributed by atoms with Gasteiger partial charge >= 0.3 is 0 Å². The number of para-hydroxylation sites is 1. The van der Waals surface area contributed by atoms with E-state index in [1.807, 2.05) is 34.7 Å². The number of ketones is 1. The Kier molecular flexibility index (Phi) is 3.26. The van der Waals surface area contributed by atoms with Crippen LogP contribution in [-0.4, -0.2) is 12.4 Å². The van der Waals surface area contributed by atoms with Crippen molar-refractivity contribution < 1.29 is 13.9 Å². The van der Waals surface area contributed by atoms with Gasteiger partial charge in [0.2, 0.25) is 0 Å². The van der Waals surface area contributed by atoms with Gasteiger partial charge in [-0.15, -0.1) is 0 Å². The molecule has 0 N–H and O–H groups in total. The molecule has 0 spiro atoms. The summed E-state index contributed by atoms with van der Waals surface area (Å²) in [5.41, 5.74) is 2.12. The average Bonchev–Trinajstić information content (AvgIpc) is 2.86. The van der Waals surface area contributed by atoms with Crippen LogP contribution >= 0.6 is 22.6 Å². The number of halogens is 2. The van der Waals surface area contributed by atoms with Crippen LogP contribution in [0, 0.1) is 9.39 Å². The highest BCUT2D eigenvalue weighted by Gasteiger charge is 2.22. The molecule has 2 aromatic carbocycles. The van der Waals surface area contributed by atoms with E-state index in [4.69, 9.17) is 4.74 Å². The second-order valence-electron chi connectivity index (χ2n) is 4.35. The maximum Gasteiger partial charge on any atom is 0.197 e. The van der Waals surface area contributed by atoms with Gasteiger partial charge in [0.05, 0.1) is 12.2 Å². The molecule has 96 valence electrons. The minimum absolute atomic E-state index is 0.122. The van der Waals surface area contributed by atoms with E-state index >= 15 is 0 Å². The first-order valence-corrected chi connectivity index (χ1v) is 6.99. The standard InChI is InChI=1S/C15H10FIO2/c16-10-4-5-11(13(17)8-10)14(18)12-3-1-2-9-6-7-19-15(9)12/h1-5,8H,6-7H2. The molecule has 0 saturated heterocycles. The third-order valence-corrected chi connectivity index (χ3v) is 4.03. The second-order valence-corrected chi connectivity index (χ2v) is 5.51. The monoisotopic (exact) mass is 368 g/mol. The summed E-state index contributed by atoms with van der Waals surface area (Å²) >= 11 is 1.97. The molecule has 0 aliphatic carbocycles. The van der Waals surface area contributed by atoms with Crippen LogP contribution in [0.15, 0.2) is 36.4 Å². The van der Waals surface area contributed by atoms with Crippen molar-refractivity contribution >= 4 is 28.4 Å². The van der Waals surface area contributed by atoms with Gasteiger partial charge in [-0.1, -0.05) is 12.1 Å². The molecule has 1 heterocycles. The maximum absolute atomic E-state index is 13.1. The third-order valence-electron chi connectivity index (χ3n) is 3.13. The summed E-state index contributed by atoms with van der Waals surface area (Å²) in [6, 6.07) is 9.77. The van der Waals surface area contributed by atoms with Gasteiger partial charge in [-0.3, -0.25) is 4.79 Å². The van der Waals surface area contributed by atoms with Gasteiger partial charge in [0, 0.05) is 15.6 Å². The van der Waals surface area contributed by atoms with Crippen LogP contribution in [0.5, 0.6) is 5.75 Å². The fraction of sp³-hybridized carbons (Fsp3) is 0.133. The molecular formula is C15H10FIO2. The molecule has 1 aliphatic rings. The Morgan fingerprint density at radius 2 is 2.05 bits per heavy atom. The van der Waals surface area contributed by atoms with Gasteiger partial charge in [-0.05, 0) is 52.4 Å². The molecule has 0 atom stereocenters. The first-order chi connectivity index (χ1) is 9.16. The maximum atomic E-state index is 13.1. The summed E-state index contributed by atoms with van der Waals surface area (Å²) in [5.74, 6) is 0.214. The smallest absolute Gasteiger partial charge is 0.197 e. The van der Waals surface area contributed by atoms with Crippen LogP contribution in [0.3, 0.4) is 0 Å². The minimum atomic E-state index is -0.338. The molecule has 3 rings (SSSR count). The van der Waals surface area contributed by atoms with Crippen LogP contribution in [-0.2, 0) is 6.42 Å². The number of carbonyl (C=O) groups excluding carboxylic acids is 1. The van der Waals surface area contributed by atoms with Crippen molar-refractivity contribution in [3.05, 3.63) is 62.5 Å². The Balaban J connectivity index is 2.08. The van der Waals surface area contributed by atoms with Crippen molar-refractivity contribution in [2.45, 2.75) is 6.42 Å². The van der Waals surface area contributed by atoms with Crippen molar-refractivity contribution in [1.82, 2.24) is 0 Å². The van der Waals surface area contributed by atoms with Crippen molar-refractivity contribution in [1.29, 1.82) is 0 Å². The van der Waals surface area contributed by atoms with E-state index in [0.717, 1.165) is 12.0 Å². The Morgan fingerprint density at radius 1 is 1.21 bits per heavy atom. The summed E-state index contributed by atoms with van der Waals surface area (Å²) in [6.07, 6.45) is 0.830. The highest BCUT2D eigenvalue weighted by atomic mass is 127. The fourth-order valence-corrected chi connectivity index (χ4v) is 2.93. The minimum Gasteiger partial charge on any atom is -0.492 e. The van der Waals surface area contributed by atoms with E-state index in [-0.39, 0.29) is 11.6 Å². The molecule has 0 aromatic heterocycles. The third kappa shape index (κ3) is 2.25. The Labute approximate surface area is 123 Å². The van der Waals surface area contributed by atoms with Crippen LogP contribution in [0.25, 0.3) is 0 Å². The Hall–Kier alpha value is -1.43. The number of hydrogen-bond donors (Lipinski definition) is 0. The quantitative estimate of drug-likeness (QED) is 0.598. The molecule has 0 radical (unpaired) electrons. The molecule has 1 aliphatic heterocycles. The lowest BCUT2D eigenvalue weighted by molar-refractivity contribution is 0.103. The topological polar surface area (TPSA) is 26.3 Å². The van der Waals surface area contributed by atoms with E-state index < -0.39 is 0 Å². The molecule has 0 amide bonds. The van der Waals surface area contributed by atoms with Gasteiger partial charge in [-0.2, -0.15) is 0 Å². The molecule has 2 nitrogen and oxygen atoms in total. The predicted molar refractivity (Wildman–Crippen MR) is 78.2 cm³/mol. The average molecular weight is 368 g/mol. The van der Waals surface area contributed by atoms with Crippen molar-refractivity contribution in [2.75, 3.05) is 6.61 Å². The lowest BCUT2D eigenvalue weighted by Crippen LogP contribution is -2.06. The zero-order valence-corrected chi connectivity index (χ0v) is 12.1. The zero-order chi connectivity index (χ0) is 13.4. The predicted octanol–water partition coefficient (Wildman–Crippen LogP) is 3.60. The van der Waals surface area contributed by atoms with Gasteiger partial charge < -0.3 is 4.74 Å². The molecule has 0 bridgehead atoms. The van der Waals surface area contributed by atoms with E-state index in [1.165, 1.54) is 18.2 Å². The molecule has 2 aromatic rings. The molecule has 19 heavy (non-hydrogen) atoms. The molecule has 4 heteroatoms. The summed E-state index contributed by atoms with van der Waals surface area (Å²) in [7, 11) is 0. The van der Waals surface area contributed by atoms with E-state index in [9.17, 15) is 9.18 Å². The first kappa shape index (κ1) is 12.6. The Bertz CT molecular complexity index is 667. The number of rotatable bonds is 2. The first-order valence-electron chi connectivity index (χ1n) is 5.91. The summed E-state index contributed by atoms with van der Waals surface area (Å²) < 4.78 is 19.2. The zero-order valence-electron chi connectivity index (χ0n) is 9.95. The summed E-state index contributed by atoms with van der Waals surface area (Å²) in [5, 5.41) is 0. The van der Waals surface area contributed by atoms with Gasteiger partial charge in [0.25, 0.3) is 0 Å². The van der Waals surface area contributed by atoms with Gasteiger partial charge in [-0.25, -0.2) is 4.39 Å². The highest BCUT2D eigenvalue weighted by Crippen LogP contribution is 2.31. The van der Waals surface area contributed by atoms with Crippen LogP contribution in [0.4, 0.5) is 4.39 Å². The number of carbonyl (C=O) groups is 1. The van der Waals surface area contributed by atoms with Crippen molar-refractivity contribution in [2.24, 2.45) is 0 Å². The van der Waals surface area contributed by atoms with Crippen LogP contribution < -0.4 is 4.74 Å². The number of benzene rings is 2. The molecule has 0 saturated carbocycles. The molecule has 0 fully saturated rings. The van der Waals surface area contributed by atoms with E-state index in [1.54, 1.807) is 6.07 Å². The fourth-order valence-electron chi connectivity index (χ4n) is 2.21. The molecular weight excluding hydrogens is 358 g/mol. The number of fused-ring (bicyclic) bond motifs is 1.